The fraction of sp³-hybridized carbons (Fsp3) is 0.148. The second kappa shape index (κ2) is 17.0. The molecule has 0 saturated carbocycles. The molecule has 0 fully saturated rings. The number of furan rings is 1. The SMILES string of the molecule is [2H]C([2H])([2H])c1c[c-]c(-c2cc(C([2H])([2H])C(C)C)c([Si](C)(C)C)cn2)cc1.[Ir].[c-]1ccc2c(oc3ccccc32)c1-c1nc2ccccc2n1-c1c(-c2ccccc2)ccc2ccccc12. The maximum absolute atomic E-state index is 8.59. The molecule has 0 unspecified atom stereocenters. The van der Waals surface area contributed by atoms with Gasteiger partial charge in [0.15, 0.2) is 0 Å². The number of benzene rings is 7. The summed E-state index contributed by atoms with van der Waals surface area (Å²) in [7, 11) is -1.78. The van der Waals surface area contributed by atoms with E-state index in [1.54, 1.807) is 18.3 Å². The molecule has 3 aromatic heterocycles. The van der Waals surface area contributed by atoms with E-state index < -0.39 is 21.3 Å². The zero-order valence-corrected chi connectivity index (χ0v) is 37.6. The van der Waals surface area contributed by atoms with Gasteiger partial charge in [-0.2, -0.15) is 0 Å². The number of aryl methyl sites for hydroxylation is 1. The topological polar surface area (TPSA) is 43.9 Å². The van der Waals surface area contributed by atoms with Gasteiger partial charge < -0.3 is 14.0 Å². The zero-order chi connectivity index (χ0) is 45.0. The number of imidazole rings is 1. The minimum Gasteiger partial charge on any atom is -0.501 e. The number of hydrogen-bond acceptors (Lipinski definition) is 3. The summed E-state index contributed by atoms with van der Waals surface area (Å²) in [6.07, 6.45) is 0.328. The molecule has 1 radical (unpaired) electrons. The molecule has 6 heteroatoms. The Kier molecular flexibility index (Phi) is 9.88. The van der Waals surface area contributed by atoms with E-state index in [9.17, 15) is 0 Å². The summed E-state index contributed by atoms with van der Waals surface area (Å²) in [5, 5.41) is 5.51. The van der Waals surface area contributed by atoms with Gasteiger partial charge in [0.05, 0.1) is 36.2 Å². The van der Waals surface area contributed by atoms with Crippen molar-refractivity contribution < 1.29 is 31.4 Å². The van der Waals surface area contributed by atoms with E-state index >= 15 is 0 Å². The van der Waals surface area contributed by atoms with Gasteiger partial charge in [0.25, 0.3) is 0 Å². The van der Waals surface area contributed by atoms with E-state index in [0.29, 0.717) is 16.8 Å². The van der Waals surface area contributed by atoms with Crippen molar-refractivity contribution >= 4 is 57.0 Å². The maximum atomic E-state index is 8.59. The first-order valence-electron chi connectivity index (χ1n) is 22.5. The van der Waals surface area contributed by atoms with Crippen molar-refractivity contribution in [2.75, 3.05) is 0 Å². The van der Waals surface area contributed by atoms with E-state index in [1.165, 1.54) is 11.5 Å². The van der Waals surface area contributed by atoms with Crippen LogP contribution in [0.5, 0.6) is 0 Å². The Morgan fingerprint density at radius 2 is 1.53 bits per heavy atom. The van der Waals surface area contributed by atoms with Crippen molar-refractivity contribution in [3.63, 3.8) is 0 Å². The molecule has 0 aliphatic heterocycles. The molecule has 3 heterocycles. The van der Waals surface area contributed by atoms with Crippen molar-refractivity contribution in [2.24, 2.45) is 5.92 Å². The molecule has 299 valence electrons. The van der Waals surface area contributed by atoms with Gasteiger partial charge in [-0.3, -0.25) is 4.98 Å². The first-order chi connectivity index (χ1) is 30.6. The van der Waals surface area contributed by atoms with Crippen LogP contribution in [0.2, 0.25) is 19.6 Å². The number of para-hydroxylation sites is 3. The third-order valence-corrected chi connectivity index (χ3v) is 12.6. The van der Waals surface area contributed by atoms with Crippen LogP contribution in [0.15, 0.2) is 162 Å². The Morgan fingerprint density at radius 3 is 2.30 bits per heavy atom. The monoisotopic (exact) mass is 979 g/mol. The van der Waals surface area contributed by atoms with Gasteiger partial charge in [0.2, 0.25) is 0 Å². The standard InChI is InChI=1S/C35H21N2O.C19H26NSi.Ir/c1-2-11-23(12-3-1)26-22-21-24-13-4-5-14-25(24)33(26)37-31-19-8-7-18-30(31)36-35(37)29-17-10-16-28-27-15-6-9-20-32(27)38-34(28)29;1-14(2)11-17-12-18(16-9-7-15(3)8-10-16)20-13-19(17)21(4,5)6;/h1-16,18-22H;7-9,12-14H,11H2,1-6H3;/q2*-1;/i;3D3,11D2;. The quantitative estimate of drug-likeness (QED) is 0.118. The van der Waals surface area contributed by atoms with Crippen molar-refractivity contribution in [3.8, 4) is 39.5 Å². The van der Waals surface area contributed by atoms with E-state index in [1.807, 2.05) is 50.2 Å². The second-order valence-electron chi connectivity index (χ2n) is 16.2. The summed E-state index contributed by atoms with van der Waals surface area (Å²) in [6, 6.07) is 57.1. The van der Waals surface area contributed by atoms with Gasteiger partial charge in [-0.1, -0.05) is 160 Å². The fourth-order valence-electron chi connectivity index (χ4n) is 7.84. The largest absolute Gasteiger partial charge is 0.501 e. The molecule has 0 amide bonds. The maximum Gasteiger partial charge on any atom is 0.120 e. The molecule has 0 atom stereocenters. The molecular weight excluding hydrogens is 927 g/mol. The van der Waals surface area contributed by atoms with Crippen LogP contribution in [-0.4, -0.2) is 22.6 Å². The molecule has 0 spiro atoms. The molecule has 10 aromatic rings. The van der Waals surface area contributed by atoms with Crippen LogP contribution in [0, 0.1) is 24.9 Å². The van der Waals surface area contributed by atoms with E-state index in [0.717, 1.165) is 71.7 Å². The molecule has 0 saturated heterocycles. The van der Waals surface area contributed by atoms with Crippen LogP contribution in [-0.2, 0) is 26.5 Å². The molecule has 0 N–H and O–H groups in total. The minimum absolute atomic E-state index is 0. The van der Waals surface area contributed by atoms with Crippen LogP contribution in [0.4, 0.5) is 0 Å². The summed E-state index contributed by atoms with van der Waals surface area (Å²) >= 11 is 0. The first-order valence-corrected chi connectivity index (χ1v) is 23.5. The van der Waals surface area contributed by atoms with Crippen molar-refractivity contribution in [1.82, 2.24) is 14.5 Å². The molecule has 60 heavy (non-hydrogen) atoms. The molecular formula is C54H47IrN3OSi-2. The number of pyridine rings is 1. The van der Waals surface area contributed by atoms with Gasteiger partial charge in [-0.25, -0.2) is 0 Å². The molecule has 0 bridgehead atoms. The van der Waals surface area contributed by atoms with Crippen LogP contribution in [0.1, 0.15) is 31.8 Å². The predicted octanol–water partition coefficient (Wildman–Crippen LogP) is 13.8. The molecule has 7 aromatic carbocycles. The van der Waals surface area contributed by atoms with Crippen molar-refractivity contribution in [1.29, 1.82) is 0 Å². The average molecular weight is 979 g/mol. The fourth-order valence-corrected chi connectivity index (χ4v) is 9.24. The average Bonchev–Trinajstić information content (AvgIpc) is 3.87. The number of rotatable bonds is 7. The Hall–Kier alpha value is -5.91. The van der Waals surface area contributed by atoms with E-state index in [4.69, 9.17) is 16.3 Å². The summed E-state index contributed by atoms with van der Waals surface area (Å²) < 4.78 is 48.3. The third kappa shape index (κ3) is 7.91. The molecule has 0 aliphatic carbocycles. The van der Waals surface area contributed by atoms with Crippen molar-refractivity contribution in [3.05, 3.63) is 181 Å². The number of nitrogens with zero attached hydrogens (tertiary/aromatic N) is 3. The number of aromatic nitrogens is 3. The van der Waals surface area contributed by atoms with Gasteiger partial charge in [0, 0.05) is 49.5 Å². The molecule has 4 nitrogen and oxygen atoms in total. The first kappa shape index (κ1) is 34.9. The minimum atomic E-state index is -2.16. The number of hydrogen-bond donors (Lipinski definition) is 0. The van der Waals surface area contributed by atoms with Crippen LogP contribution >= 0.6 is 0 Å². The predicted molar refractivity (Wildman–Crippen MR) is 250 cm³/mol. The Labute approximate surface area is 374 Å². The van der Waals surface area contributed by atoms with Gasteiger partial charge >= 0.3 is 0 Å². The summed E-state index contributed by atoms with van der Waals surface area (Å²) in [4.78, 5) is 9.73. The Balaban J connectivity index is 0.000000189. The van der Waals surface area contributed by atoms with Gasteiger partial charge in [-0.15, -0.1) is 53.6 Å². The third-order valence-electron chi connectivity index (χ3n) is 10.6. The van der Waals surface area contributed by atoms with Crippen LogP contribution < -0.4 is 5.19 Å². The Morgan fingerprint density at radius 1 is 0.783 bits per heavy atom. The smallest absolute Gasteiger partial charge is 0.120 e. The normalized spacial score (nSPS) is 13.3. The second-order valence-corrected chi connectivity index (χ2v) is 21.2. The van der Waals surface area contributed by atoms with E-state index in [-0.39, 0.29) is 31.6 Å². The number of fused-ring (bicyclic) bond motifs is 5. The molecule has 10 rings (SSSR count). The Bertz CT molecular complexity index is 3320. The molecule has 0 aliphatic rings. The zero-order valence-electron chi connectivity index (χ0n) is 39.2. The summed E-state index contributed by atoms with van der Waals surface area (Å²) in [5.74, 6) is 0.638. The van der Waals surface area contributed by atoms with E-state index in [2.05, 4.69) is 138 Å². The van der Waals surface area contributed by atoms with Crippen LogP contribution in [0.3, 0.4) is 0 Å². The summed E-state index contributed by atoms with van der Waals surface area (Å²) in [5.41, 5.74) is 10.1. The van der Waals surface area contributed by atoms with Crippen molar-refractivity contribution in [2.45, 2.75) is 46.7 Å². The van der Waals surface area contributed by atoms with Crippen LogP contribution in [0.25, 0.3) is 83.2 Å². The van der Waals surface area contributed by atoms with Gasteiger partial charge in [-0.05, 0) is 52.3 Å². The van der Waals surface area contributed by atoms with Gasteiger partial charge in [0.1, 0.15) is 5.58 Å². The summed E-state index contributed by atoms with van der Waals surface area (Å²) in [6.45, 7) is 8.14.